The van der Waals surface area contributed by atoms with Gasteiger partial charge in [0.05, 0.1) is 5.70 Å². The molecule has 1 aliphatic heterocycles. The summed E-state index contributed by atoms with van der Waals surface area (Å²) in [4.78, 5) is 5.47. The highest BCUT2D eigenvalue weighted by Crippen LogP contribution is 2.27. The standard InChI is InChI=1S/C14H11NO.C2H8OSi/c1-2-6-11(7-3-1)13-10-12-8-4-5-9-14(12)16-15-13;1-2-3-4/h1-10,15H;2H2,1,4H3. The van der Waals surface area contributed by atoms with Crippen molar-refractivity contribution in [3.05, 3.63) is 65.7 Å². The number of benzene rings is 2. The van der Waals surface area contributed by atoms with E-state index in [1.54, 1.807) is 0 Å². The van der Waals surface area contributed by atoms with Gasteiger partial charge in [0.2, 0.25) is 0 Å². The molecule has 3 rings (SSSR count). The van der Waals surface area contributed by atoms with Crippen LogP contribution >= 0.6 is 0 Å². The van der Waals surface area contributed by atoms with E-state index >= 15 is 0 Å². The maximum Gasteiger partial charge on any atom is 0.162 e. The normalized spacial score (nSPS) is 12.2. The van der Waals surface area contributed by atoms with Gasteiger partial charge in [-0.3, -0.25) is 0 Å². The fourth-order valence-electron chi connectivity index (χ4n) is 1.75. The summed E-state index contributed by atoms with van der Waals surface area (Å²) in [5, 5.41) is 0. The molecule has 0 unspecified atom stereocenters. The molecule has 1 N–H and O–H groups in total. The van der Waals surface area contributed by atoms with E-state index in [1.165, 1.54) is 0 Å². The summed E-state index contributed by atoms with van der Waals surface area (Å²) in [5.74, 6) is 0.863. The Morgan fingerprint density at radius 1 is 1.05 bits per heavy atom. The molecular weight excluding hydrogens is 266 g/mol. The van der Waals surface area contributed by atoms with Gasteiger partial charge < -0.3 is 9.26 Å². The molecule has 1 heterocycles. The molecule has 0 atom stereocenters. The molecule has 2 aromatic carbocycles. The van der Waals surface area contributed by atoms with Crippen molar-refractivity contribution in [3.8, 4) is 5.75 Å². The van der Waals surface area contributed by atoms with E-state index in [0.29, 0.717) is 0 Å². The number of hydroxylamine groups is 1. The number of nitrogens with one attached hydrogen (secondary N) is 1. The van der Waals surface area contributed by atoms with Crippen LogP contribution in [0.25, 0.3) is 11.8 Å². The Labute approximate surface area is 122 Å². The van der Waals surface area contributed by atoms with Gasteiger partial charge in [0.15, 0.2) is 5.75 Å². The lowest BCUT2D eigenvalue weighted by atomic mass is 10.1. The van der Waals surface area contributed by atoms with Gasteiger partial charge in [0.25, 0.3) is 0 Å². The molecule has 0 aromatic heterocycles. The van der Waals surface area contributed by atoms with Crippen molar-refractivity contribution in [2.75, 3.05) is 6.61 Å². The maximum absolute atomic E-state index is 5.47. The molecule has 104 valence electrons. The van der Waals surface area contributed by atoms with Gasteiger partial charge in [0, 0.05) is 17.7 Å². The minimum absolute atomic E-state index is 0.863. The van der Waals surface area contributed by atoms with Gasteiger partial charge in [-0.1, -0.05) is 48.5 Å². The van der Waals surface area contributed by atoms with Crippen molar-refractivity contribution in [2.24, 2.45) is 0 Å². The van der Waals surface area contributed by atoms with Gasteiger partial charge in [-0.15, -0.1) is 0 Å². The molecule has 4 heteroatoms. The van der Waals surface area contributed by atoms with Crippen molar-refractivity contribution in [1.29, 1.82) is 0 Å². The third-order valence-corrected chi connectivity index (χ3v) is 3.44. The molecule has 0 saturated heterocycles. The van der Waals surface area contributed by atoms with Gasteiger partial charge in [0.1, 0.15) is 10.5 Å². The molecular formula is C16H19NO2Si. The summed E-state index contributed by atoms with van der Waals surface area (Å²) in [5.41, 5.74) is 6.16. The monoisotopic (exact) mass is 285 g/mol. The zero-order chi connectivity index (χ0) is 14.2. The third kappa shape index (κ3) is 3.72. The molecule has 2 aromatic rings. The average molecular weight is 285 g/mol. The summed E-state index contributed by atoms with van der Waals surface area (Å²) < 4.78 is 4.68. The molecule has 0 aliphatic carbocycles. The molecule has 0 fully saturated rings. The summed E-state index contributed by atoms with van der Waals surface area (Å²) in [6, 6.07) is 18.1. The van der Waals surface area contributed by atoms with Crippen LogP contribution in [0.4, 0.5) is 0 Å². The summed E-state index contributed by atoms with van der Waals surface area (Å²) in [7, 11) is 0.890. The zero-order valence-corrected chi connectivity index (χ0v) is 13.8. The molecule has 20 heavy (non-hydrogen) atoms. The first-order chi connectivity index (χ1) is 9.85. The van der Waals surface area contributed by atoms with Crippen molar-refractivity contribution in [1.82, 2.24) is 5.48 Å². The van der Waals surface area contributed by atoms with Crippen LogP contribution in [-0.4, -0.2) is 17.1 Å². The Morgan fingerprint density at radius 3 is 2.40 bits per heavy atom. The van der Waals surface area contributed by atoms with Gasteiger partial charge in [-0.2, -0.15) is 0 Å². The van der Waals surface area contributed by atoms with Gasteiger partial charge >= 0.3 is 0 Å². The van der Waals surface area contributed by atoms with Gasteiger partial charge in [-0.05, 0) is 19.1 Å². The number of fused-ring (bicyclic) bond motifs is 1. The van der Waals surface area contributed by atoms with Crippen LogP contribution < -0.4 is 10.3 Å². The first-order valence-electron chi connectivity index (χ1n) is 6.63. The highest BCUT2D eigenvalue weighted by molar-refractivity contribution is 5.97. The van der Waals surface area contributed by atoms with E-state index in [0.717, 1.165) is 39.7 Å². The van der Waals surface area contributed by atoms with Crippen molar-refractivity contribution >= 4 is 22.3 Å². The quantitative estimate of drug-likeness (QED) is 0.860. The van der Waals surface area contributed by atoms with Crippen LogP contribution in [0.5, 0.6) is 5.75 Å². The molecule has 0 saturated carbocycles. The fraction of sp³-hybridized carbons (Fsp3) is 0.125. The average Bonchev–Trinajstić information content (AvgIpc) is 2.55. The number of hydrogen-bond donors (Lipinski definition) is 1. The Kier molecular flexibility index (Phi) is 5.40. The van der Waals surface area contributed by atoms with Crippen LogP contribution in [-0.2, 0) is 4.43 Å². The largest absolute Gasteiger partial charge is 0.428 e. The van der Waals surface area contributed by atoms with Crippen LogP contribution in [0, 0.1) is 0 Å². The van der Waals surface area contributed by atoms with E-state index in [2.05, 4.69) is 28.1 Å². The summed E-state index contributed by atoms with van der Waals surface area (Å²) in [6.45, 7) is 2.87. The third-order valence-electron chi connectivity index (χ3n) is 2.86. The lowest BCUT2D eigenvalue weighted by Crippen LogP contribution is -2.20. The molecule has 0 bridgehead atoms. The smallest absolute Gasteiger partial charge is 0.162 e. The Balaban J connectivity index is 0.000000328. The molecule has 0 radical (unpaired) electrons. The van der Waals surface area contributed by atoms with Crippen LogP contribution in [0.3, 0.4) is 0 Å². The Hall–Kier alpha value is -2.04. The Bertz CT molecular complexity index is 568. The van der Waals surface area contributed by atoms with Crippen LogP contribution in [0.15, 0.2) is 54.6 Å². The second-order valence-corrected chi connectivity index (χ2v) is 4.82. The second-order valence-electron chi connectivity index (χ2n) is 4.24. The van der Waals surface area contributed by atoms with Crippen LogP contribution in [0.1, 0.15) is 18.1 Å². The minimum atomic E-state index is 0.863. The predicted octanol–water partition coefficient (Wildman–Crippen LogP) is 2.39. The molecule has 0 spiro atoms. The van der Waals surface area contributed by atoms with Crippen LogP contribution in [0.2, 0.25) is 0 Å². The highest BCUT2D eigenvalue weighted by Gasteiger charge is 2.10. The SMILES string of the molecule is C1=C(c2ccccc2)NOc2ccccc21.CCO[SiH3]. The second kappa shape index (κ2) is 7.52. The minimum Gasteiger partial charge on any atom is -0.428 e. The summed E-state index contributed by atoms with van der Waals surface area (Å²) in [6.07, 6.45) is 2.09. The lowest BCUT2D eigenvalue weighted by molar-refractivity contribution is 0.249. The van der Waals surface area contributed by atoms with E-state index in [9.17, 15) is 0 Å². The van der Waals surface area contributed by atoms with E-state index in [4.69, 9.17) is 4.84 Å². The fourth-order valence-corrected chi connectivity index (χ4v) is 1.75. The highest BCUT2D eigenvalue weighted by atomic mass is 28.2. The summed E-state index contributed by atoms with van der Waals surface area (Å²) >= 11 is 0. The predicted molar refractivity (Wildman–Crippen MR) is 86.1 cm³/mol. The zero-order valence-electron chi connectivity index (χ0n) is 11.8. The number of para-hydroxylation sites is 1. The van der Waals surface area contributed by atoms with Crippen molar-refractivity contribution in [2.45, 2.75) is 6.92 Å². The van der Waals surface area contributed by atoms with E-state index in [1.807, 2.05) is 49.4 Å². The lowest BCUT2D eigenvalue weighted by Gasteiger charge is -2.18. The van der Waals surface area contributed by atoms with Crippen molar-refractivity contribution in [3.63, 3.8) is 0 Å². The van der Waals surface area contributed by atoms with E-state index < -0.39 is 0 Å². The molecule has 1 aliphatic rings. The van der Waals surface area contributed by atoms with E-state index in [-0.39, 0.29) is 0 Å². The number of hydrogen-bond acceptors (Lipinski definition) is 3. The maximum atomic E-state index is 5.47. The molecule has 0 amide bonds. The topological polar surface area (TPSA) is 30.5 Å². The molecule has 3 nitrogen and oxygen atoms in total. The Morgan fingerprint density at radius 2 is 1.70 bits per heavy atom. The number of rotatable bonds is 2. The first kappa shape index (κ1) is 14.4. The van der Waals surface area contributed by atoms with Gasteiger partial charge in [-0.25, -0.2) is 5.48 Å². The first-order valence-corrected chi connectivity index (χ1v) is 7.44. The van der Waals surface area contributed by atoms with Crippen molar-refractivity contribution < 1.29 is 9.26 Å².